The molecule has 1 atom stereocenters. The van der Waals surface area contributed by atoms with Crippen molar-refractivity contribution in [3.8, 4) is 5.75 Å². The van der Waals surface area contributed by atoms with E-state index in [-0.39, 0.29) is 18.6 Å². The maximum absolute atomic E-state index is 12.3. The summed E-state index contributed by atoms with van der Waals surface area (Å²) in [4.78, 5) is 12.3. The van der Waals surface area contributed by atoms with Crippen LogP contribution in [0, 0.1) is 0 Å². The van der Waals surface area contributed by atoms with E-state index < -0.39 is 10.0 Å². The van der Waals surface area contributed by atoms with E-state index in [2.05, 4.69) is 17.4 Å². The zero-order chi connectivity index (χ0) is 19.4. The normalized spacial score (nSPS) is 16.3. The van der Waals surface area contributed by atoms with Gasteiger partial charge in [0, 0.05) is 7.05 Å². The molecule has 0 aromatic heterocycles. The Morgan fingerprint density at radius 1 is 1.19 bits per heavy atom. The van der Waals surface area contributed by atoms with Gasteiger partial charge < -0.3 is 10.1 Å². The predicted octanol–water partition coefficient (Wildman–Crippen LogP) is 2.66. The van der Waals surface area contributed by atoms with Gasteiger partial charge in [0.15, 0.2) is 6.61 Å². The number of carbonyl (C=O) groups is 1. The molecule has 6 nitrogen and oxygen atoms in total. The third-order valence-corrected chi connectivity index (χ3v) is 5.98. The molecule has 0 fully saturated rings. The standard InChI is InChI=1S/C20H24N2O4S/c1-22(27(2,24)25)16-10-12-17(13-11-16)26-14-20(23)21-19-9-5-7-15-6-3-4-8-18(15)19/h3-4,6,8,10-13,19H,5,7,9,14H2,1-2H3,(H,21,23)/t19-/m1/s1. The third-order valence-electron chi connectivity index (χ3n) is 4.77. The van der Waals surface area contributed by atoms with Gasteiger partial charge in [-0.05, 0) is 54.7 Å². The fourth-order valence-electron chi connectivity index (χ4n) is 3.23. The van der Waals surface area contributed by atoms with Gasteiger partial charge in [-0.15, -0.1) is 0 Å². The van der Waals surface area contributed by atoms with Crippen LogP contribution in [0.4, 0.5) is 5.69 Å². The molecule has 0 bridgehead atoms. The zero-order valence-corrected chi connectivity index (χ0v) is 16.3. The van der Waals surface area contributed by atoms with Crippen molar-refractivity contribution < 1.29 is 17.9 Å². The zero-order valence-electron chi connectivity index (χ0n) is 15.5. The molecule has 0 saturated carbocycles. The van der Waals surface area contributed by atoms with E-state index in [0.29, 0.717) is 11.4 Å². The van der Waals surface area contributed by atoms with Gasteiger partial charge in [0.05, 0.1) is 18.0 Å². The van der Waals surface area contributed by atoms with Gasteiger partial charge in [-0.3, -0.25) is 9.10 Å². The van der Waals surface area contributed by atoms with Gasteiger partial charge in [-0.1, -0.05) is 24.3 Å². The molecular formula is C20H24N2O4S. The average molecular weight is 388 g/mol. The molecule has 0 spiro atoms. The van der Waals surface area contributed by atoms with Crippen LogP contribution in [0.3, 0.4) is 0 Å². The van der Waals surface area contributed by atoms with Crippen molar-refractivity contribution in [3.05, 3.63) is 59.7 Å². The minimum Gasteiger partial charge on any atom is -0.484 e. The quantitative estimate of drug-likeness (QED) is 0.825. The molecule has 144 valence electrons. The first kappa shape index (κ1) is 19.2. The minimum absolute atomic E-state index is 0.0248. The van der Waals surface area contributed by atoms with E-state index in [0.717, 1.165) is 25.5 Å². The maximum atomic E-state index is 12.3. The predicted molar refractivity (Wildman–Crippen MR) is 105 cm³/mol. The summed E-state index contributed by atoms with van der Waals surface area (Å²) in [6.45, 7) is -0.0834. The molecule has 2 aromatic carbocycles. The number of hydrogen-bond acceptors (Lipinski definition) is 4. The highest BCUT2D eigenvalue weighted by Crippen LogP contribution is 2.29. The van der Waals surface area contributed by atoms with Crippen LogP contribution in [0.2, 0.25) is 0 Å². The molecule has 1 N–H and O–H groups in total. The second-order valence-corrected chi connectivity index (χ2v) is 8.74. The van der Waals surface area contributed by atoms with E-state index in [4.69, 9.17) is 4.74 Å². The summed E-state index contributed by atoms with van der Waals surface area (Å²) in [5, 5.41) is 3.04. The van der Waals surface area contributed by atoms with E-state index in [1.807, 2.05) is 12.1 Å². The Labute approximate surface area is 160 Å². The molecule has 2 aromatic rings. The van der Waals surface area contributed by atoms with Crippen molar-refractivity contribution in [2.24, 2.45) is 0 Å². The first-order valence-electron chi connectivity index (χ1n) is 8.88. The number of hydrogen-bond donors (Lipinski definition) is 1. The second kappa shape index (κ2) is 8.00. The lowest BCUT2D eigenvalue weighted by molar-refractivity contribution is -0.123. The number of rotatable bonds is 6. The summed E-state index contributed by atoms with van der Waals surface area (Å²) in [7, 11) is -1.82. The van der Waals surface area contributed by atoms with Crippen molar-refractivity contribution in [3.63, 3.8) is 0 Å². The summed E-state index contributed by atoms with van der Waals surface area (Å²) in [6.07, 6.45) is 4.17. The molecule has 0 unspecified atom stereocenters. The second-order valence-electron chi connectivity index (χ2n) is 6.72. The van der Waals surface area contributed by atoms with Crippen LogP contribution < -0.4 is 14.4 Å². The number of anilines is 1. The largest absolute Gasteiger partial charge is 0.484 e. The van der Waals surface area contributed by atoms with Crippen LogP contribution in [-0.4, -0.2) is 34.2 Å². The van der Waals surface area contributed by atoms with Crippen molar-refractivity contribution in [1.29, 1.82) is 0 Å². The summed E-state index contributed by atoms with van der Waals surface area (Å²) < 4.78 is 29.8. The van der Waals surface area contributed by atoms with Crippen LogP contribution in [0.25, 0.3) is 0 Å². The third kappa shape index (κ3) is 4.80. The number of nitrogens with one attached hydrogen (secondary N) is 1. The van der Waals surface area contributed by atoms with Crippen LogP contribution in [0.1, 0.15) is 30.0 Å². The fraction of sp³-hybridized carbons (Fsp3) is 0.350. The molecule has 0 heterocycles. The van der Waals surface area contributed by atoms with Crippen molar-refractivity contribution in [2.45, 2.75) is 25.3 Å². The summed E-state index contributed by atoms with van der Waals surface area (Å²) >= 11 is 0. The van der Waals surface area contributed by atoms with E-state index in [1.54, 1.807) is 24.3 Å². The summed E-state index contributed by atoms with van der Waals surface area (Å²) in [5.74, 6) is 0.342. The number of amides is 1. The number of fused-ring (bicyclic) bond motifs is 1. The Bertz CT molecular complexity index is 910. The Balaban J connectivity index is 1.56. The Morgan fingerprint density at radius 3 is 2.59 bits per heavy atom. The van der Waals surface area contributed by atoms with Gasteiger partial charge in [-0.2, -0.15) is 0 Å². The Morgan fingerprint density at radius 2 is 1.89 bits per heavy atom. The Hall–Kier alpha value is -2.54. The maximum Gasteiger partial charge on any atom is 0.258 e. The summed E-state index contributed by atoms with van der Waals surface area (Å²) in [6, 6.07) is 14.8. The number of benzene rings is 2. The first-order chi connectivity index (χ1) is 12.8. The number of nitrogens with zero attached hydrogens (tertiary/aromatic N) is 1. The van der Waals surface area contributed by atoms with Crippen molar-refractivity contribution >= 4 is 21.6 Å². The fourth-order valence-corrected chi connectivity index (χ4v) is 3.74. The molecular weight excluding hydrogens is 364 g/mol. The average Bonchev–Trinajstić information content (AvgIpc) is 2.66. The minimum atomic E-state index is -3.31. The molecule has 0 radical (unpaired) electrons. The summed E-state index contributed by atoms with van der Waals surface area (Å²) in [5.41, 5.74) is 3.01. The highest BCUT2D eigenvalue weighted by molar-refractivity contribution is 7.92. The van der Waals surface area contributed by atoms with E-state index in [9.17, 15) is 13.2 Å². The number of ether oxygens (including phenoxy) is 1. The monoisotopic (exact) mass is 388 g/mol. The van der Waals surface area contributed by atoms with Gasteiger partial charge in [0.25, 0.3) is 5.91 Å². The van der Waals surface area contributed by atoms with Crippen molar-refractivity contribution in [1.82, 2.24) is 5.32 Å². The highest BCUT2D eigenvalue weighted by Gasteiger charge is 2.21. The lowest BCUT2D eigenvalue weighted by Gasteiger charge is -2.26. The lowest BCUT2D eigenvalue weighted by atomic mass is 9.88. The van der Waals surface area contributed by atoms with E-state index >= 15 is 0 Å². The van der Waals surface area contributed by atoms with Crippen LogP contribution in [0.15, 0.2) is 48.5 Å². The van der Waals surface area contributed by atoms with Gasteiger partial charge in [0.2, 0.25) is 10.0 Å². The van der Waals surface area contributed by atoms with Gasteiger partial charge in [-0.25, -0.2) is 8.42 Å². The van der Waals surface area contributed by atoms with Gasteiger partial charge >= 0.3 is 0 Å². The lowest BCUT2D eigenvalue weighted by Crippen LogP contribution is -2.34. The van der Waals surface area contributed by atoms with Crippen molar-refractivity contribution in [2.75, 3.05) is 24.2 Å². The highest BCUT2D eigenvalue weighted by atomic mass is 32.2. The molecule has 0 aliphatic heterocycles. The molecule has 3 rings (SSSR count). The SMILES string of the molecule is CN(c1ccc(OCC(=O)N[C@@H]2CCCc3ccccc32)cc1)S(C)(=O)=O. The molecule has 1 aliphatic carbocycles. The van der Waals surface area contributed by atoms with Crippen LogP contribution in [0.5, 0.6) is 5.75 Å². The smallest absolute Gasteiger partial charge is 0.258 e. The Kier molecular flexibility index (Phi) is 5.70. The topological polar surface area (TPSA) is 75.7 Å². The molecule has 1 amide bonds. The molecule has 1 aliphatic rings. The molecule has 7 heteroatoms. The number of aryl methyl sites for hydroxylation is 1. The molecule has 0 saturated heterocycles. The van der Waals surface area contributed by atoms with Gasteiger partial charge in [0.1, 0.15) is 5.75 Å². The van der Waals surface area contributed by atoms with E-state index in [1.165, 1.54) is 22.5 Å². The molecule has 27 heavy (non-hydrogen) atoms. The number of sulfonamides is 1. The first-order valence-corrected chi connectivity index (χ1v) is 10.7. The number of carbonyl (C=O) groups excluding carboxylic acids is 1. The van der Waals surface area contributed by atoms with Crippen LogP contribution >= 0.6 is 0 Å². The van der Waals surface area contributed by atoms with Crippen LogP contribution in [-0.2, 0) is 21.2 Å².